The van der Waals surface area contributed by atoms with E-state index >= 15 is 0 Å². The van der Waals surface area contributed by atoms with Crippen molar-refractivity contribution >= 4 is 34.5 Å². The van der Waals surface area contributed by atoms with E-state index in [4.69, 9.17) is 19.2 Å². The number of amides is 1. The lowest BCUT2D eigenvalue weighted by Gasteiger charge is -2.37. The fraction of sp³-hybridized carbons (Fsp3) is 0.345. The molecule has 1 N–H and O–H groups in total. The molecule has 1 amide bonds. The van der Waals surface area contributed by atoms with Crippen LogP contribution < -0.4 is 14.8 Å². The normalized spacial score (nSPS) is 18.4. The number of amidine groups is 1. The minimum atomic E-state index is -0.653. The molecule has 2 aliphatic heterocycles. The van der Waals surface area contributed by atoms with Gasteiger partial charge in [-0.05, 0) is 49.3 Å². The summed E-state index contributed by atoms with van der Waals surface area (Å²) in [5.74, 6) is 1.25. The molecule has 2 aromatic rings. The molecule has 1 saturated carbocycles. The molecule has 1 fully saturated rings. The van der Waals surface area contributed by atoms with Gasteiger partial charge in [-0.2, -0.15) is 0 Å². The Hall–Kier alpha value is -3.72. The highest BCUT2D eigenvalue weighted by Crippen LogP contribution is 2.49. The molecule has 198 valence electrons. The largest absolute Gasteiger partial charge is 0.497 e. The Labute approximate surface area is 226 Å². The summed E-state index contributed by atoms with van der Waals surface area (Å²) in [5, 5.41) is 5.66. The summed E-state index contributed by atoms with van der Waals surface area (Å²) in [6.45, 7) is 2.68. The van der Waals surface area contributed by atoms with Crippen LogP contribution in [0.3, 0.4) is 0 Å². The zero-order valence-corrected chi connectivity index (χ0v) is 22.5. The molecule has 1 aliphatic carbocycles. The van der Waals surface area contributed by atoms with E-state index < -0.39 is 12.0 Å². The average molecular weight is 534 g/mol. The maximum atomic E-state index is 13.7. The summed E-state index contributed by atoms with van der Waals surface area (Å²) in [4.78, 5) is 33.5. The van der Waals surface area contributed by atoms with E-state index in [9.17, 15) is 9.59 Å². The number of rotatable bonds is 10. The molecular formula is C29H31N3O5S. The first-order valence-corrected chi connectivity index (χ1v) is 13.6. The van der Waals surface area contributed by atoms with E-state index in [1.807, 2.05) is 58.8 Å². The molecule has 0 radical (unpaired) electrons. The predicted octanol–water partition coefficient (Wildman–Crippen LogP) is 4.90. The zero-order valence-electron chi connectivity index (χ0n) is 21.7. The first kappa shape index (κ1) is 25.9. The number of carbonyl (C=O) groups is 2. The van der Waals surface area contributed by atoms with Crippen LogP contribution in [0.25, 0.3) is 5.70 Å². The lowest BCUT2D eigenvalue weighted by Crippen LogP contribution is -2.38. The van der Waals surface area contributed by atoms with E-state index in [0.29, 0.717) is 46.0 Å². The molecule has 0 saturated heterocycles. The molecule has 5 rings (SSSR count). The average Bonchev–Trinajstić information content (AvgIpc) is 3.70. The van der Waals surface area contributed by atoms with Crippen LogP contribution in [0.15, 0.2) is 70.2 Å². The Morgan fingerprint density at radius 3 is 2.58 bits per heavy atom. The molecule has 0 spiro atoms. The first-order chi connectivity index (χ1) is 18.5. The van der Waals surface area contributed by atoms with Crippen LogP contribution in [0.4, 0.5) is 0 Å². The van der Waals surface area contributed by atoms with Crippen molar-refractivity contribution < 1.29 is 23.8 Å². The second-order valence-electron chi connectivity index (χ2n) is 9.27. The Morgan fingerprint density at radius 2 is 1.89 bits per heavy atom. The van der Waals surface area contributed by atoms with Gasteiger partial charge in [-0.3, -0.25) is 4.79 Å². The maximum absolute atomic E-state index is 13.7. The van der Waals surface area contributed by atoms with Gasteiger partial charge in [-0.1, -0.05) is 42.1 Å². The van der Waals surface area contributed by atoms with Crippen molar-refractivity contribution in [3.63, 3.8) is 0 Å². The number of fused-ring (bicyclic) bond motifs is 1. The van der Waals surface area contributed by atoms with Gasteiger partial charge in [0, 0.05) is 23.4 Å². The van der Waals surface area contributed by atoms with Gasteiger partial charge >= 0.3 is 5.97 Å². The van der Waals surface area contributed by atoms with Gasteiger partial charge in [0.05, 0.1) is 44.6 Å². The van der Waals surface area contributed by atoms with Crippen LogP contribution in [-0.2, 0) is 14.3 Å². The highest BCUT2D eigenvalue weighted by Gasteiger charge is 2.43. The summed E-state index contributed by atoms with van der Waals surface area (Å²) >= 11 is 1.44. The predicted molar refractivity (Wildman–Crippen MR) is 148 cm³/mol. The van der Waals surface area contributed by atoms with Crippen molar-refractivity contribution in [3.05, 3.63) is 76.3 Å². The fourth-order valence-corrected chi connectivity index (χ4v) is 5.56. The van der Waals surface area contributed by atoms with E-state index in [1.54, 1.807) is 21.1 Å². The summed E-state index contributed by atoms with van der Waals surface area (Å²) in [7, 11) is 3.19. The Morgan fingerprint density at radius 1 is 1.11 bits per heavy atom. The summed E-state index contributed by atoms with van der Waals surface area (Å²) in [6, 6.07) is 14.4. The maximum Gasteiger partial charge on any atom is 0.338 e. The highest BCUT2D eigenvalue weighted by atomic mass is 32.2. The number of benzene rings is 2. The molecule has 9 heteroatoms. The van der Waals surface area contributed by atoms with Crippen LogP contribution in [0, 0.1) is 5.92 Å². The summed E-state index contributed by atoms with van der Waals surface area (Å²) in [6.07, 6.45) is 2.49. The number of thioether (sulfide) groups is 1. The first-order valence-electron chi connectivity index (χ1n) is 12.7. The topological polar surface area (TPSA) is 89.5 Å². The second kappa shape index (κ2) is 11.3. The second-order valence-corrected chi connectivity index (χ2v) is 10.1. The SMILES string of the molecule is CCOC(=O)C1=C(c2ccccc2)N=C2SC=C(CC(=O)NCC3CC3)N2[C@H]1c1cc(OC)ccc1OC. The quantitative estimate of drug-likeness (QED) is 0.435. The minimum absolute atomic E-state index is 0.0584. The number of carbonyl (C=O) groups excluding carboxylic acids is 2. The molecule has 0 aromatic heterocycles. The van der Waals surface area contributed by atoms with Gasteiger partial charge in [-0.25, -0.2) is 9.79 Å². The van der Waals surface area contributed by atoms with Crippen molar-refractivity contribution in [2.45, 2.75) is 32.2 Å². The summed E-state index contributed by atoms with van der Waals surface area (Å²) < 4.78 is 16.9. The molecular weight excluding hydrogens is 502 g/mol. The van der Waals surface area contributed by atoms with Crippen molar-refractivity contribution in [1.29, 1.82) is 0 Å². The number of nitrogens with zero attached hydrogens (tertiary/aromatic N) is 2. The van der Waals surface area contributed by atoms with E-state index in [1.165, 1.54) is 11.8 Å². The van der Waals surface area contributed by atoms with Crippen LogP contribution in [0.2, 0.25) is 0 Å². The van der Waals surface area contributed by atoms with Crippen LogP contribution in [0.5, 0.6) is 11.5 Å². The molecule has 1 atom stereocenters. The van der Waals surface area contributed by atoms with Gasteiger partial charge in [0.25, 0.3) is 0 Å². The fourth-order valence-electron chi connectivity index (χ4n) is 4.64. The third-order valence-corrected chi connectivity index (χ3v) is 7.60. The number of nitrogens with one attached hydrogen (secondary N) is 1. The third-order valence-electron chi connectivity index (χ3n) is 6.71. The molecule has 8 nitrogen and oxygen atoms in total. The molecule has 38 heavy (non-hydrogen) atoms. The van der Waals surface area contributed by atoms with E-state index in [-0.39, 0.29) is 18.9 Å². The molecule has 2 heterocycles. The van der Waals surface area contributed by atoms with Gasteiger partial charge in [0.15, 0.2) is 5.17 Å². The van der Waals surface area contributed by atoms with Crippen LogP contribution >= 0.6 is 11.8 Å². The molecule has 2 aromatic carbocycles. The highest BCUT2D eigenvalue weighted by molar-refractivity contribution is 8.16. The van der Waals surface area contributed by atoms with Gasteiger partial charge in [-0.15, -0.1) is 0 Å². The van der Waals surface area contributed by atoms with Crippen molar-refractivity contribution in [1.82, 2.24) is 10.2 Å². The van der Waals surface area contributed by atoms with Crippen molar-refractivity contribution in [2.24, 2.45) is 10.9 Å². The summed E-state index contributed by atoms with van der Waals surface area (Å²) in [5.41, 5.74) is 3.17. The lowest BCUT2D eigenvalue weighted by molar-refractivity contribution is -0.139. The number of methoxy groups -OCH3 is 2. The standard InChI is InChI=1S/C29H31N3O5S/c1-4-37-28(34)25-26(19-8-6-5-7-9-19)31-29-32(20(17-38-29)14-24(33)30-16-18-10-11-18)27(25)22-15-21(35-2)12-13-23(22)36-3/h5-9,12-13,15,17-18,27H,4,10-11,14,16H2,1-3H3,(H,30,33)/t27-/m0/s1. The van der Waals surface area contributed by atoms with Gasteiger partial charge in [0.1, 0.15) is 11.5 Å². The Balaban J connectivity index is 1.65. The van der Waals surface area contributed by atoms with Gasteiger partial charge in [0.2, 0.25) is 5.91 Å². The number of hydrogen-bond acceptors (Lipinski definition) is 8. The monoisotopic (exact) mass is 533 g/mol. The molecule has 3 aliphatic rings. The number of aliphatic imine (C=N–C) groups is 1. The smallest absolute Gasteiger partial charge is 0.338 e. The Bertz CT molecular complexity index is 1320. The number of hydrogen-bond donors (Lipinski definition) is 1. The Kier molecular flexibility index (Phi) is 7.74. The van der Waals surface area contributed by atoms with Crippen LogP contribution in [0.1, 0.15) is 43.4 Å². The third kappa shape index (κ3) is 5.29. The minimum Gasteiger partial charge on any atom is -0.497 e. The van der Waals surface area contributed by atoms with E-state index in [0.717, 1.165) is 24.1 Å². The zero-order chi connectivity index (χ0) is 26.6. The molecule has 0 unspecified atom stereocenters. The van der Waals surface area contributed by atoms with Crippen molar-refractivity contribution in [3.8, 4) is 11.5 Å². The van der Waals surface area contributed by atoms with Crippen LogP contribution in [-0.4, -0.2) is 49.3 Å². The van der Waals surface area contributed by atoms with E-state index in [2.05, 4.69) is 5.32 Å². The van der Waals surface area contributed by atoms with Crippen molar-refractivity contribution in [2.75, 3.05) is 27.4 Å². The molecule has 0 bridgehead atoms. The lowest BCUT2D eigenvalue weighted by atomic mass is 9.90. The van der Waals surface area contributed by atoms with Gasteiger partial charge < -0.3 is 24.4 Å². The number of esters is 1. The number of ether oxygens (including phenoxy) is 3.